The maximum Gasteiger partial charge on any atom is 0.258 e. The highest BCUT2D eigenvalue weighted by molar-refractivity contribution is 7.90. The van der Waals surface area contributed by atoms with Gasteiger partial charge in [0.05, 0.1) is 23.2 Å². The number of fused-ring (bicyclic) bond motifs is 1. The van der Waals surface area contributed by atoms with Gasteiger partial charge in [-0.25, -0.2) is 13.4 Å². The Labute approximate surface area is 127 Å². The van der Waals surface area contributed by atoms with Crippen molar-refractivity contribution in [1.29, 1.82) is 0 Å². The summed E-state index contributed by atoms with van der Waals surface area (Å²) in [5.41, 5.74) is 0.267. The Morgan fingerprint density at radius 2 is 2.14 bits per heavy atom. The highest BCUT2D eigenvalue weighted by Gasteiger charge is 2.11. The number of sulfone groups is 1. The minimum Gasteiger partial charge on any atom is -0.309 e. The molecule has 0 aliphatic carbocycles. The number of aromatic amines is 1. The molecule has 2 N–H and O–H groups in total. The number of nitrogens with zero attached hydrogens (tertiary/aromatic N) is 1. The second-order valence-electron chi connectivity index (χ2n) is 5.05. The zero-order chi connectivity index (χ0) is 15.6. The second kappa shape index (κ2) is 6.13. The molecule has 0 saturated heterocycles. The molecule has 6 nitrogen and oxygen atoms in total. The number of H-pyrrole nitrogens is 1. The van der Waals surface area contributed by atoms with Gasteiger partial charge in [0.25, 0.3) is 5.56 Å². The molecule has 0 aliphatic rings. The summed E-state index contributed by atoms with van der Waals surface area (Å²) in [6.45, 7) is 2.03. The van der Waals surface area contributed by atoms with Crippen LogP contribution in [0, 0.1) is 0 Å². The topological polar surface area (TPSA) is 91.9 Å². The second-order valence-corrected chi connectivity index (χ2v) is 7.67. The van der Waals surface area contributed by atoms with Crippen molar-refractivity contribution < 1.29 is 8.42 Å². The van der Waals surface area contributed by atoms with E-state index in [0.29, 0.717) is 21.7 Å². The Balaban J connectivity index is 2.18. The molecule has 21 heavy (non-hydrogen) atoms. The van der Waals surface area contributed by atoms with Crippen LogP contribution in [0.2, 0.25) is 5.02 Å². The van der Waals surface area contributed by atoms with Crippen LogP contribution in [0.1, 0.15) is 12.7 Å². The molecule has 114 valence electrons. The maximum absolute atomic E-state index is 11.9. The molecule has 2 aromatic rings. The van der Waals surface area contributed by atoms with Crippen LogP contribution in [0.5, 0.6) is 0 Å². The van der Waals surface area contributed by atoms with Gasteiger partial charge in [-0.2, -0.15) is 0 Å². The Kier molecular flexibility index (Phi) is 4.65. The van der Waals surface area contributed by atoms with Crippen LogP contribution < -0.4 is 10.9 Å². The minimum atomic E-state index is -3.05. The molecule has 1 aromatic carbocycles. The van der Waals surface area contributed by atoms with Gasteiger partial charge in [0.2, 0.25) is 0 Å². The van der Waals surface area contributed by atoms with E-state index in [1.165, 1.54) is 6.26 Å². The molecule has 2 rings (SSSR count). The number of aromatic nitrogens is 2. The Bertz CT molecular complexity index is 817. The lowest BCUT2D eigenvalue weighted by atomic mass is 10.2. The number of nitrogens with one attached hydrogen (secondary N) is 2. The monoisotopic (exact) mass is 329 g/mol. The number of benzene rings is 1. The molecule has 0 spiro atoms. The Morgan fingerprint density at radius 3 is 2.81 bits per heavy atom. The fourth-order valence-corrected chi connectivity index (χ4v) is 3.22. The van der Waals surface area contributed by atoms with Gasteiger partial charge in [0.15, 0.2) is 0 Å². The fourth-order valence-electron chi connectivity index (χ4n) is 2.03. The molecule has 0 amide bonds. The van der Waals surface area contributed by atoms with Crippen molar-refractivity contribution in [2.45, 2.75) is 19.5 Å². The predicted octanol–water partition coefficient (Wildman–Crippen LogP) is 1.10. The average Bonchev–Trinajstić information content (AvgIpc) is 2.33. The standard InChI is InChI=1S/C13H16ClN3O3S/c1-8(7-21(2,19)20)15-6-12-16-11-5-9(14)3-4-10(11)13(18)17-12/h3-5,8,15H,6-7H2,1-2H3,(H,16,17,18). The fraction of sp³-hybridized carbons (Fsp3) is 0.385. The van der Waals surface area contributed by atoms with E-state index in [4.69, 9.17) is 11.6 Å². The quantitative estimate of drug-likeness (QED) is 0.857. The summed E-state index contributed by atoms with van der Waals surface area (Å²) in [5, 5.41) is 3.99. The van der Waals surface area contributed by atoms with Gasteiger partial charge in [-0.1, -0.05) is 11.6 Å². The molecule has 0 radical (unpaired) electrons. The summed E-state index contributed by atoms with van der Waals surface area (Å²) >= 11 is 5.89. The van der Waals surface area contributed by atoms with E-state index in [2.05, 4.69) is 15.3 Å². The number of hydrogen-bond donors (Lipinski definition) is 2. The Hall–Kier alpha value is -1.44. The third-order valence-corrected chi connectivity index (χ3v) is 4.23. The summed E-state index contributed by atoms with van der Waals surface area (Å²) in [6.07, 6.45) is 1.18. The summed E-state index contributed by atoms with van der Waals surface area (Å²) in [6, 6.07) is 4.63. The molecule has 0 fully saturated rings. The molecule has 1 heterocycles. The molecule has 0 aliphatic heterocycles. The van der Waals surface area contributed by atoms with Gasteiger partial charge in [-0.3, -0.25) is 4.79 Å². The molecule has 0 bridgehead atoms. The maximum atomic E-state index is 11.9. The summed E-state index contributed by atoms with van der Waals surface area (Å²) in [5.74, 6) is 0.464. The molecule has 8 heteroatoms. The van der Waals surface area contributed by atoms with Crippen molar-refractivity contribution in [3.8, 4) is 0 Å². The van der Waals surface area contributed by atoms with E-state index >= 15 is 0 Å². The summed E-state index contributed by atoms with van der Waals surface area (Å²) < 4.78 is 22.4. The lowest BCUT2D eigenvalue weighted by Crippen LogP contribution is -2.33. The highest BCUT2D eigenvalue weighted by Crippen LogP contribution is 2.14. The van der Waals surface area contributed by atoms with Gasteiger partial charge in [-0.05, 0) is 25.1 Å². The lowest BCUT2D eigenvalue weighted by molar-refractivity contribution is 0.551. The zero-order valence-corrected chi connectivity index (χ0v) is 13.3. The van der Waals surface area contributed by atoms with Gasteiger partial charge in [0.1, 0.15) is 15.7 Å². The zero-order valence-electron chi connectivity index (χ0n) is 11.7. The SMILES string of the molecule is CC(CS(C)(=O)=O)NCc1nc2cc(Cl)ccc2c(=O)[nH]1. The van der Waals surface area contributed by atoms with E-state index in [9.17, 15) is 13.2 Å². The van der Waals surface area contributed by atoms with Gasteiger partial charge < -0.3 is 10.3 Å². The average molecular weight is 330 g/mol. The first-order valence-electron chi connectivity index (χ1n) is 6.34. The first-order chi connectivity index (χ1) is 9.74. The lowest BCUT2D eigenvalue weighted by Gasteiger charge is -2.12. The van der Waals surface area contributed by atoms with Crippen molar-refractivity contribution in [2.24, 2.45) is 0 Å². The van der Waals surface area contributed by atoms with Crippen LogP contribution in [0.4, 0.5) is 0 Å². The van der Waals surface area contributed by atoms with Crippen molar-refractivity contribution in [1.82, 2.24) is 15.3 Å². The predicted molar refractivity (Wildman–Crippen MR) is 83.4 cm³/mol. The smallest absolute Gasteiger partial charge is 0.258 e. The molecular formula is C13H16ClN3O3S. The first-order valence-corrected chi connectivity index (χ1v) is 8.78. The van der Waals surface area contributed by atoms with Gasteiger partial charge in [0, 0.05) is 17.3 Å². The van der Waals surface area contributed by atoms with E-state index in [1.807, 2.05) is 0 Å². The minimum absolute atomic E-state index is 0.0244. The molecule has 0 saturated carbocycles. The molecular weight excluding hydrogens is 314 g/mol. The third kappa shape index (κ3) is 4.52. The van der Waals surface area contributed by atoms with Gasteiger partial charge in [-0.15, -0.1) is 0 Å². The Morgan fingerprint density at radius 1 is 1.43 bits per heavy atom. The molecule has 1 atom stereocenters. The largest absolute Gasteiger partial charge is 0.309 e. The van der Waals surface area contributed by atoms with Crippen molar-refractivity contribution >= 4 is 32.3 Å². The van der Waals surface area contributed by atoms with E-state index in [1.54, 1.807) is 25.1 Å². The third-order valence-electron chi connectivity index (χ3n) is 2.89. The normalized spacial score (nSPS) is 13.5. The first kappa shape index (κ1) is 15.9. The van der Waals surface area contributed by atoms with Crippen molar-refractivity contribution in [2.75, 3.05) is 12.0 Å². The number of halogens is 1. The van der Waals surface area contributed by atoms with Crippen LogP contribution in [-0.2, 0) is 16.4 Å². The van der Waals surface area contributed by atoms with Crippen LogP contribution in [0.15, 0.2) is 23.0 Å². The van der Waals surface area contributed by atoms with E-state index in [-0.39, 0.29) is 23.9 Å². The van der Waals surface area contributed by atoms with E-state index in [0.717, 1.165) is 0 Å². The van der Waals surface area contributed by atoms with Crippen LogP contribution in [0.3, 0.4) is 0 Å². The van der Waals surface area contributed by atoms with E-state index < -0.39 is 9.84 Å². The van der Waals surface area contributed by atoms with Crippen LogP contribution in [-0.4, -0.2) is 36.4 Å². The molecule has 1 unspecified atom stereocenters. The summed E-state index contributed by atoms with van der Waals surface area (Å²) in [7, 11) is -3.05. The number of rotatable bonds is 5. The van der Waals surface area contributed by atoms with Crippen molar-refractivity contribution in [3.63, 3.8) is 0 Å². The number of hydrogen-bond acceptors (Lipinski definition) is 5. The van der Waals surface area contributed by atoms with Crippen molar-refractivity contribution in [3.05, 3.63) is 39.4 Å². The highest BCUT2D eigenvalue weighted by atomic mass is 35.5. The van der Waals surface area contributed by atoms with Gasteiger partial charge >= 0.3 is 0 Å². The molecule has 1 aromatic heterocycles. The van der Waals surface area contributed by atoms with Crippen LogP contribution >= 0.6 is 11.6 Å². The van der Waals surface area contributed by atoms with Crippen LogP contribution in [0.25, 0.3) is 10.9 Å². The summed E-state index contributed by atoms with van der Waals surface area (Å²) in [4.78, 5) is 18.9.